The van der Waals surface area contributed by atoms with Gasteiger partial charge in [-0.15, -0.1) is 0 Å². The fourth-order valence-electron chi connectivity index (χ4n) is 3.04. The molecule has 19 heavy (non-hydrogen) atoms. The third-order valence-electron chi connectivity index (χ3n) is 4.02. The molecule has 2 rings (SSSR count). The molecule has 0 aliphatic carbocycles. The molecule has 1 aliphatic rings. The minimum absolute atomic E-state index is 0.188. The molecule has 0 radical (unpaired) electrons. The first-order chi connectivity index (χ1) is 9.17. The molecule has 1 aromatic rings. The number of nitrogens with zero attached hydrogens (tertiary/aromatic N) is 1. The van der Waals surface area contributed by atoms with E-state index >= 15 is 0 Å². The van der Waals surface area contributed by atoms with Gasteiger partial charge in [0.05, 0.1) is 10.0 Å². The third-order valence-corrected chi connectivity index (χ3v) is 4.85. The molecule has 0 aromatic heterocycles. The topological polar surface area (TPSA) is 29.3 Å². The highest BCUT2D eigenvalue weighted by molar-refractivity contribution is 6.42. The Balaban J connectivity index is 2.14. The number of rotatable bonds is 5. The van der Waals surface area contributed by atoms with Gasteiger partial charge in [-0.1, -0.05) is 48.7 Å². The van der Waals surface area contributed by atoms with Crippen LogP contribution in [0.2, 0.25) is 10.0 Å². The van der Waals surface area contributed by atoms with E-state index in [0.29, 0.717) is 16.6 Å². The summed E-state index contributed by atoms with van der Waals surface area (Å²) in [6.45, 7) is 5.06. The Hall–Kier alpha value is -0.280. The summed E-state index contributed by atoms with van der Waals surface area (Å²) in [4.78, 5) is 2.46. The molecule has 1 saturated heterocycles. The molecule has 1 aromatic carbocycles. The first-order valence-electron chi connectivity index (χ1n) is 7.05. The maximum Gasteiger partial charge on any atom is 0.0640 e. The van der Waals surface area contributed by atoms with Gasteiger partial charge in [0.25, 0.3) is 0 Å². The van der Waals surface area contributed by atoms with Crippen LogP contribution in [0.15, 0.2) is 18.2 Å². The van der Waals surface area contributed by atoms with Crippen molar-refractivity contribution >= 4 is 23.2 Å². The lowest BCUT2D eigenvalue weighted by Gasteiger charge is -2.28. The van der Waals surface area contributed by atoms with Crippen LogP contribution < -0.4 is 5.73 Å². The van der Waals surface area contributed by atoms with Crippen LogP contribution in [-0.4, -0.2) is 24.5 Å². The molecule has 0 spiro atoms. The molecule has 1 aliphatic heterocycles. The van der Waals surface area contributed by atoms with Crippen LogP contribution in [0, 0.1) is 5.92 Å². The number of hydrogen-bond acceptors (Lipinski definition) is 2. The normalized spacial score (nSPS) is 21.8. The van der Waals surface area contributed by atoms with Crippen LogP contribution in [0.25, 0.3) is 0 Å². The Morgan fingerprint density at radius 1 is 1.42 bits per heavy atom. The molecule has 2 atom stereocenters. The fraction of sp³-hybridized carbons (Fsp3) is 0.600. The van der Waals surface area contributed by atoms with Gasteiger partial charge in [-0.2, -0.15) is 0 Å². The van der Waals surface area contributed by atoms with Crippen molar-refractivity contribution in [1.29, 1.82) is 0 Å². The van der Waals surface area contributed by atoms with E-state index in [1.165, 1.54) is 19.3 Å². The Morgan fingerprint density at radius 3 is 2.89 bits per heavy atom. The van der Waals surface area contributed by atoms with E-state index in [1.54, 1.807) is 0 Å². The summed E-state index contributed by atoms with van der Waals surface area (Å²) in [6.07, 6.45) is 3.82. The van der Waals surface area contributed by atoms with E-state index in [4.69, 9.17) is 28.9 Å². The largest absolute Gasteiger partial charge is 0.329 e. The first-order valence-corrected chi connectivity index (χ1v) is 7.81. The number of hydrogen-bond donors (Lipinski definition) is 1. The van der Waals surface area contributed by atoms with Gasteiger partial charge in [0, 0.05) is 19.1 Å². The molecule has 0 amide bonds. The zero-order valence-corrected chi connectivity index (χ0v) is 12.9. The SMILES string of the molecule is CCCC1CCN(C(CN)c2cccc(Cl)c2Cl)C1. The predicted molar refractivity (Wildman–Crippen MR) is 82.8 cm³/mol. The fourth-order valence-corrected chi connectivity index (χ4v) is 3.47. The van der Waals surface area contributed by atoms with Crippen molar-refractivity contribution in [2.24, 2.45) is 11.7 Å². The highest BCUT2D eigenvalue weighted by Crippen LogP contribution is 2.35. The number of nitrogens with two attached hydrogens (primary N) is 1. The summed E-state index contributed by atoms with van der Waals surface area (Å²) < 4.78 is 0. The van der Waals surface area contributed by atoms with Crippen LogP contribution in [0.5, 0.6) is 0 Å². The van der Waals surface area contributed by atoms with Crippen molar-refractivity contribution in [3.05, 3.63) is 33.8 Å². The predicted octanol–water partition coefficient (Wildman–Crippen LogP) is 4.12. The lowest BCUT2D eigenvalue weighted by Crippen LogP contribution is -2.32. The minimum Gasteiger partial charge on any atom is -0.329 e. The maximum absolute atomic E-state index is 6.33. The number of benzene rings is 1. The Labute approximate surface area is 125 Å². The second-order valence-electron chi connectivity index (χ2n) is 5.33. The highest BCUT2D eigenvalue weighted by Gasteiger charge is 2.29. The first kappa shape index (κ1) is 15.1. The lowest BCUT2D eigenvalue weighted by atomic mass is 10.0. The van der Waals surface area contributed by atoms with Gasteiger partial charge in [-0.3, -0.25) is 4.90 Å². The van der Waals surface area contributed by atoms with Crippen molar-refractivity contribution in [3.8, 4) is 0 Å². The summed E-state index contributed by atoms with van der Waals surface area (Å²) in [7, 11) is 0. The summed E-state index contributed by atoms with van der Waals surface area (Å²) in [5, 5.41) is 1.26. The van der Waals surface area contributed by atoms with Gasteiger partial charge in [0.1, 0.15) is 0 Å². The molecule has 1 fully saturated rings. The van der Waals surface area contributed by atoms with E-state index in [0.717, 1.165) is 24.6 Å². The Kier molecular flexibility index (Phi) is 5.52. The van der Waals surface area contributed by atoms with Crippen molar-refractivity contribution in [2.45, 2.75) is 32.2 Å². The van der Waals surface area contributed by atoms with E-state index < -0.39 is 0 Å². The molecule has 0 saturated carbocycles. The van der Waals surface area contributed by atoms with Crippen LogP contribution in [0.1, 0.15) is 37.8 Å². The zero-order chi connectivity index (χ0) is 13.8. The van der Waals surface area contributed by atoms with E-state index in [-0.39, 0.29) is 6.04 Å². The summed E-state index contributed by atoms with van der Waals surface area (Å²) in [5.74, 6) is 0.803. The molecular formula is C15H22Cl2N2. The molecule has 0 bridgehead atoms. The van der Waals surface area contributed by atoms with Crippen molar-refractivity contribution in [3.63, 3.8) is 0 Å². The Bertz CT molecular complexity index is 423. The molecule has 2 unspecified atom stereocenters. The van der Waals surface area contributed by atoms with Crippen molar-refractivity contribution in [1.82, 2.24) is 4.90 Å². The number of likely N-dealkylation sites (tertiary alicyclic amines) is 1. The van der Waals surface area contributed by atoms with Gasteiger partial charge >= 0.3 is 0 Å². The van der Waals surface area contributed by atoms with Crippen molar-refractivity contribution in [2.75, 3.05) is 19.6 Å². The van der Waals surface area contributed by atoms with Crippen LogP contribution in [0.4, 0.5) is 0 Å². The second-order valence-corrected chi connectivity index (χ2v) is 6.12. The molecule has 106 valence electrons. The monoisotopic (exact) mass is 300 g/mol. The maximum atomic E-state index is 6.33. The summed E-state index contributed by atoms with van der Waals surface area (Å²) >= 11 is 12.4. The standard InChI is InChI=1S/C15H22Cl2N2/c1-2-4-11-7-8-19(10-11)14(9-18)12-5-3-6-13(16)15(12)17/h3,5-6,11,14H,2,4,7-10,18H2,1H3. The smallest absolute Gasteiger partial charge is 0.0640 e. The van der Waals surface area contributed by atoms with E-state index in [2.05, 4.69) is 11.8 Å². The minimum atomic E-state index is 0.188. The molecule has 2 nitrogen and oxygen atoms in total. The van der Waals surface area contributed by atoms with Crippen LogP contribution >= 0.6 is 23.2 Å². The third kappa shape index (κ3) is 3.43. The van der Waals surface area contributed by atoms with E-state index in [9.17, 15) is 0 Å². The average Bonchev–Trinajstić information content (AvgIpc) is 2.84. The Morgan fingerprint density at radius 2 is 2.21 bits per heavy atom. The van der Waals surface area contributed by atoms with E-state index in [1.807, 2.05) is 18.2 Å². The second kappa shape index (κ2) is 6.94. The number of halogens is 2. The quantitative estimate of drug-likeness (QED) is 0.886. The van der Waals surface area contributed by atoms with Crippen LogP contribution in [-0.2, 0) is 0 Å². The highest BCUT2D eigenvalue weighted by atomic mass is 35.5. The summed E-state index contributed by atoms with van der Waals surface area (Å²) in [6, 6.07) is 6.00. The molecule has 1 heterocycles. The van der Waals surface area contributed by atoms with Crippen LogP contribution in [0.3, 0.4) is 0 Å². The lowest BCUT2D eigenvalue weighted by molar-refractivity contribution is 0.240. The van der Waals surface area contributed by atoms with Gasteiger partial charge in [-0.05, 0) is 36.9 Å². The van der Waals surface area contributed by atoms with Gasteiger partial charge < -0.3 is 5.73 Å². The van der Waals surface area contributed by atoms with Gasteiger partial charge in [-0.25, -0.2) is 0 Å². The van der Waals surface area contributed by atoms with Gasteiger partial charge in [0.2, 0.25) is 0 Å². The molecule has 2 N–H and O–H groups in total. The summed E-state index contributed by atoms with van der Waals surface area (Å²) in [5.41, 5.74) is 7.04. The zero-order valence-electron chi connectivity index (χ0n) is 11.4. The molecular weight excluding hydrogens is 279 g/mol. The average molecular weight is 301 g/mol. The molecule has 4 heteroatoms. The van der Waals surface area contributed by atoms with Crippen molar-refractivity contribution < 1.29 is 0 Å². The van der Waals surface area contributed by atoms with Gasteiger partial charge in [0.15, 0.2) is 0 Å².